The fraction of sp³-hybridized carbons (Fsp3) is 0.0526. The third-order valence-electron chi connectivity index (χ3n) is 3.85. The van der Waals surface area contributed by atoms with Crippen LogP contribution < -0.4 is 16.6 Å². The Labute approximate surface area is 163 Å². The average Bonchev–Trinajstić information content (AvgIpc) is 2.66. The molecule has 9 heteroatoms. The van der Waals surface area contributed by atoms with E-state index in [0.717, 1.165) is 22.9 Å². The van der Waals surface area contributed by atoms with E-state index in [-0.39, 0.29) is 22.1 Å². The van der Waals surface area contributed by atoms with Crippen molar-refractivity contribution in [2.45, 2.75) is 6.54 Å². The summed E-state index contributed by atoms with van der Waals surface area (Å²) in [6.45, 7) is -0.453. The fourth-order valence-electron chi connectivity index (χ4n) is 2.55. The van der Waals surface area contributed by atoms with Gasteiger partial charge in [0.25, 0.3) is 11.5 Å². The summed E-state index contributed by atoms with van der Waals surface area (Å²) in [7, 11) is 0. The predicted molar refractivity (Wildman–Crippen MR) is 102 cm³/mol. The van der Waals surface area contributed by atoms with Gasteiger partial charge >= 0.3 is 0 Å². The third-order valence-corrected chi connectivity index (χ3v) is 4.16. The van der Waals surface area contributed by atoms with E-state index >= 15 is 0 Å². The van der Waals surface area contributed by atoms with Gasteiger partial charge in [-0.2, -0.15) is 0 Å². The van der Waals surface area contributed by atoms with E-state index in [1.165, 1.54) is 6.07 Å². The first-order chi connectivity index (χ1) is 13.4. The lowest BCUT2D eigenvalue weighted by Crippen LogP contribution is -2.34. The maximum absolute atomic E-state index is 13.2. The number of carbonyl (C=O) groups is 2. The minimum absolute atomic E-state index is 0.00740. The molecular weight excluding hydrogens is 387 g/mol. The minimum atomic E-state index is -0.951. The molecule has 0 unspecified atom stereocenters. The first-order valence-electron chi connectivity index (χ1n) is 8.07. The van der Waals surface area contributed by atoms with Crippen LogP contribution in [0.2, 0.25) is 5.02 Å². The lowest BCUT2D eigenvalue weighted by atomic mass is 10.2. The van der Waals surface area contributed by atoms with Crippen molar-refractivity contribution in [2.24, 2.45) is 5.73 Å². The number of halogens is 2. The summed E-state index contributed by atoms with van der Waals surface area (Å²) in [5, 5.41) is 2.51. The predicted octanol–water partition coefficient (Wildman–Crippen LogP) is 2.44. The van der Waals surface area contributed by atoms with Crippen LogP contribution in [0.4, 0.5) is 10.1 Å². The molecule has 0 atom stereocenters. The molecular formula is C19H14ClFN4O3. The normalized spacial score (nSPS) is 10.5. The van der Waals surface area contributed by atoms with Gasteiger partial charge in [-0.1, -0.05) is 41.9 Å². The summed E-state index contributed by atoms with van der Waals surface area (Å²) < 4.78 is 14.2. The van der Waals surface area contributed by atoms with Gasteiger partial charge in [-0.15, -0.1) is 0 Å². The van der Waals surface area contributed by atoms with Crippen LogP contribution >= 0.6 is 11.6 Å². The zero-order valence-electron chi connectivity index (χ0n) is 14.4. The van der Waals surface area contributed by atoms with Gasteiger partial charge in [0.1, 0.15) is 23.7 Å². The van der Waals surface area contributed by atoms with Gasteiger partial charge in [-0.05, 0) is 18.2 Å². The van der Waals surface area contributed by atoms with E-state index in [4.69, 9.17) is 17.3 Å². The summed E-state index contributed by atoms with van der Waals surface area (Å²) in [6.07, 6.45) is 1.08. The van der Waals surface area contributed by atoms with Crippen LogP contribution in [-0.4, -0.2) is 21.4 Å². The quantitative estimate of drug-likeness (QED) is 0.685. The Morgan fingerprint density at radius 2 is 1.89 bits per heavy atom. The topological polar surface area (TPSA) is 107 Å². The van der Waals surface area contributed by atoms with Crippen LogP contribution in [0, 0.1) is 5.82 Å². The van der Waals surface area contributed by atoms with Gasteiger partial charge in [0.2, 0.25) is 5.91 Å². The number of anilines is 1. The van der Waals surface area contributed by atoms with Crippen molar-refractivity contribution in [3.8, 4) is 11.4 Å². The molecule has 7 nitrogen and oxygen atoms in total. The van der Waals surface area contributed by atoms with E-state index in [9.17, 15) is 18.8 Å². The van der Waals surface area contributed by atoms with Crippen molar-refractivity contribution in [3.63, 3.8) is 0 Å². The molecule has 0 aliphatic carbocycles. The van der Waals surface area contributed by atoms with Crippen LogP contribution in [0.3, 0.4) is 0 Å². The van der Waals surface area contributed by atoms with Crippen molar-refractivity contribution < 1.29 is 14.0 Å². The number of nitrogens with two attached hydrogens (primary N) is 1. The zero-order chi connectivity index (χ0) is 20.3. The molecule has 0 saturated heterocycles. The molecule has 3 rings (SSSR count). The molecule has 0 aliphatic heterocycles. The number of benzene rings is 2. The largest absolute Gasteiger partial charge is 0.365 e. The van der Waals surface area contributed by atoms with Crippen molar-refractivity contribution >= 4 is 29.1 Å². The van der Waals surface area contributed by atoms with Crippen LogP contribution in [-0.2, 0) is 11.3 Å². The lowest BCUT2D eigenvalue weighted by molar-refractivity contribution is -0.116. The van der Waals surface area contributed by atoms with E-state index in [2.05, 4.69) is 10.3 Å². The second-order valence-corrected chi connectivity index (χ2v) is 6.20. The van der Waals surface area contributed by atoms with E-state index in [1.54, 1.807) is 30.3 Å². The molecule has 2 amide bonds. The second-order valence-electron chi connectivity index (χ2n) is 5.79. The molecule has 2 aromatic carbocycles. The number of hydrogen-bond donors (Lipinski definition) is 2. The molecule has 0 saturated carbocycles. The monoisotopic (exact) mass is 400 g/mol. The number of nitrogens with one attached hydrogen (secondary N) is 1. The Hall–Kier alpha value is -3.52. The number of nitrogens with zero attached hydrogens (tertiary/aromatic N) is 2. The van der Waals surface area contributed by atoms with Gasteiger partial charge in [0, 0.05) is 11.8 Å². The number of aromatic nitrogens is 2. The summed E-state index contributed by atoms with van der Waals surface area (Å²) >= 11 is 5.91. The zero-order valence-corrected chi connectivity index (χ0v) is 15.1. The molecule has 0 bridgehead atoms. The highest BCUT2D eigenvalue weighted by Gasteiger charge is 2.18. The molecule has 3 N–H and O–H groups in total. The van der Waals surface area contributed by atoms with Crippen molar-refractivity contribution in [1.29, 1.82) is 0 Å². The van der Waals surface area contributed by atoms with E-state index in [1.807, 2.05) is 0 Å². The minimum Gasteiger partial charge on any atom is -0.365 e. The van der Waals surface area contributed by atoms with Gasteiger partial charge in [-0.3, -0.25) is 19.0 Å². The van der Waals surface area contributed by atoms with Gasteiger partial charge in [-0.25, -0.2) is 9.37 Å². The number of primary amides is 1. The Balaban J connectivity index is 1.99. The Morgan fingerprint density at radius 3 is 2.54 bits per heavy atom. The van der Waals surface area contributed by atoms with Crippen molar-refractivity contribution in [2.75, 3.05) is 5.32 Å². The Morgan fingerprint density at radius 1 is 1.18 bits per heavy atom. The average molecular weight is 401 g/mol. The molecule has 142 valence electrons. The first kappa shape index (κ1) is 19.2. The molecule has 0 aliphatic rings. The van der Waals surface area contributed by atoms with Crippen LogP contribution in [0.15, 0.2) is 59.5 Å². The smallest absolute Gasteiger partial charge is 0.267 e. The molecule has 28 heavy (non-hydrogen) atoms. The molecule has 3 aromatic rings. The summed E-state index contributed by atoms with van der Waals surface area (Å²) in [4.78, 5) is 40.8. The molecule has 0 fully saturated rings. The van der Waals surface area contributed by atoms with E-state index < -0.39 is 29.7 Å². The number of rotatable bonds is 5. The molecule has 1 heterocycles. The van der Waals surface area contributed by atoms with Gasteiger partial charge < -0.3 is 11.1 Å². The van der Waals surface area contributed by atoms with E-state index in [0.29, 0.717) is 5.56 Å². The molecule has 0 radical (unpaired) electrons. The summed E-state index contributed by atoms with van der Waals surface area (Å²) in [5.74, 6) is -1.93. The Kier molecular flexibility index (Phi) is 5.51. The van der Waals surface area contributed by atoms with Crippen molar-refractivity contribution in [1.82, 2.24) is 9.55 Å². The standard InChI is InChI=1S/C19H14ClFN4O3/c20-14-8-12(21)6-7-15(14)24-16(26)10-25-18(11-4-2-1-3-5-11)23-9-13(17(22)27)19(25)28/h1-9H,10H2,(H2,22,27)(H,24,26). The maximum atomic E-state index is 13.2. The molecule has 1 aromatic heterocycles. The molecule has 0 spiro atoms. The van der Waals surface area contributed by atoms with Gasteiger partial charge in [0.05, 0.1) is 10.7 Å². The third kappa shape index (κ3) is 4.07. The number of hydrogen-bond acceptors (Lipinski definition) is 4. The Bertz CT molecular complexity index is 1120. The summed E-state index contributed by atoms with van der Waals surface area (Å²) in [5.41, 5.74) is 4.88. The highest BCUT2D eigenvalue weighted by atomic mass is 35.5. The van der Waals surface area contributed by atoms with Crippen LogP contribution in [0.25, 0.3) is 11.4 Å². The second kappa shape index (κ2) is 8.01. The fourth-order valence-corrected chi connectivity index (χ4v) is 2.76. The number of amides is 2. The number of carbonyl (C=O) groups excluding carboxylic acids is 2. The SMILES string of the molecule is NC(=O)c1cnc(-c2ccccc2)n(CC(=O)Nc2ccc(F)cc2Cl)c1=O. The summed E-state index contributed by atoms with van der Waals surface area (Å²) in [6, 6.07) is 12.2. The first-order valence-corrected chi connectivity index (χ1v) is 8.44. The maximum Gasteiger partial charge on any atom is 0.267 e. The van der Waals surface area contributed by atoms with Crippen LogP contribution in [0.5, 0.6) is 0 Å². The highest BCUT2D eigenvalue weighted by molar-refractivity contribution is 6.33. The lowest BCUT2D eigenvalue weighted by Gasteiger charge is -2.13. The van der Waals surface area contributed by atoms with Crippen molar-refractivity contribution in [3.05, 3.63) is 81.5 Å². The highest BCUT2D eigenvalue weighted by Crippen LogP contribution is 2.22. The van der Waals surface area contributed by atoms with Crippen LogP contribution in [0.1, 0.15) is 10.4 Å². The van der Waals surface area contributed by atoms with Gasteiger partial charge in [0.15, 0.2) is 0 Å².